The van der Waals surface area contributed by atoms with E-state index in [9.17, 15) is 0 Å². The number of allylic oxidation sites excluding steroid dienone is 2. The molecular formula is C32H40HfSi. The van der Waals surface area contributed by atoms with Crippen LogP contribution in [0.3, 0.4) is 0 Å². The molecule has 0 amide bonds. The van der Waals surface area contributed by atoms with Gasteiger partial charge in [-0.3, -0.25) is 0 Å². The van der Waals surface area contributed by atoms with Gasteiger partial charge in [-0.1, -0.05) is 0 Å². The second-order valence-electron chi connectivity index (χ2n) is 11.5. The van der Waals surface area contributed by atoms with Crippen molar-refractivity contribution in [1.82, 2.24) is 0 Å². The maximum atomic E-state index is 2.85. The zero-order chi connectivity index (χ0) is 24.0. The molecule has 5 rings (SSSR count). The van der Waals surface area contributed by atoms with E-state index in [-0.39, 0.29) is 0 Å². The summed E-state index contributed by atoms with van der Waals surface area (Å²) in [5.41, 5.74) is 15.8. The molecule has 0 aliphatic heterocycles. The van der Waals surface area contributed by atoms with Gasteiger partial charge >= 0.3 is 217 Å². The van der Waals surface area contributed by atoms with Gasteiger partial charge in [-0.25, -0.2) is 0 Å². The average Bonchev–Trinajstić information content (AvgIpc) is 3.51. The van der Waals surface area contributed by atoms with E-state index in [4.69, 9.17) is 0 Å². The molecule has 1 saturated carbocycles. The number of rotatable bonds is 5. The van der Waals surface area contributed by atoms with Crippen LogP contribution in [0.4, 0.5) is 0 Å². The van der Waals surface area contributed by atoms with Crippen molar-refractivity contribution in [2.75, 3.05) is 0 Å². The Morgan fingerprint density at radius 3 is 1.68 bits per heavy atom. The second-order valence-corrected chi connectivity index (χ2v) is 27.3. The summed E-state index contributed by atoms with van der Waals surface area (Å²) in [5.74, 6) is 3.17. The molecule has 0 N–H and O–H groups in total. The van der Waals surface area contributed by atoms with E-state index in [0.717, 1.165) is 19.1 Å². The van der Waals surface area contributed by atoms with Gasteiger partial charge in [0.1, 0.15) is 0 Å². The zero-order valence-corrected chi connectivity index (χ0v) is 26.5. The predicted octanol–water partition coefficient (Wildman–Crippen LogP) is 8.78. The fourth-order valence-electron chi connectivity index (χ4n) is 6.66. The maximum absolute atomic E-state index is 2.85. The summed E-state index contributed by atoms with van der Waals surface area (Å²) in [5, 5.41) is 0. The molecule has 0 heterocycles. The van der Waals surface area contributed by atoms with Gasteiger partial charge in [-0.05, 0) is 0 Å². The van der Waals surface area contributed by atoms with Crippen molar-refractivity contribution < 1.29 is 20.1 Å². The summed E-state index contributed by atoms with van der Waals surface area (Å²) < 4.78 is 1.47. The first kappa shape index (κ1) is 24.6. The molecule has 1 fully saturated rings. The van der Waals surface area contributed by atoms with Gasteiger partial charge in [0.15, 0.2) is 0 Å². The SMILES string of the molecule is CC1=Cc2c(C(C)C)cccc2[CH]1[Hf](=[Si]=CC1CCCC1)[CH]1C(C)=Cc2c(C(C)C)cccc21. The van der Waals surface area contributed by atoms with Crippen LogP contribution >= 0.6 is 0 Å². The molecule has 0 bridgehead atoms. The molecule has 2 aromatic rings. The minimum absolute atomic E-state index is 0.585. The summed E-state index contributed by atoms with van der Waals surface area (Å²) in [6.07, 6.45) is 10.9. The molecule has 2 heteroatoms. The first-order chi connectivity index (χ1) is 16.4. The first-order valence-corrected chi connectivity index (χ1v) is 24.1. The van der Waals surface area contributed by atoms with Crippen molar-refractivity contribution in [3.8, 4) is 0 Å². The van der Waals surface area contributed by atoms with Crippen LogP contribution in [0.2, 0.25) is 0 Å². The third-order valence-corrected chi connectivity index (χ3v) is 29.4. The van der Waals surface area contributed by atoms with E-state index in [2.05, 4.69) is 95.8 Å². The molecular weight excluding hydrogens is 591 g/mol. The summed E-state index contributed by atoms with van der Waals surface area (Å²) in [4.78, 5) is 0. The van der Waals surface area contributed by atoms with Crippen molar-refractivity contribution in [3.63, 3.8) is 0 Å². The monoisotopic (exact) mass is 632 g/mol. The molecule has 0 radical (unpaired) electrons. The van der Waals surface area contributed by atoms with E-state index in [0.29, 0.717) is 11.8 Å². The van der Waals surface area contributed by atoms with Crippen LogP contribution in [0.15, 0.2) is 47.5 Å². The van der Waals surface area contributed by atoms with Gasteiger partial charge in [0.2, 0.25) is 0 Å². The van der Waals surface area contributed by atoms with Gasteiger partial charge in [0.05, 0.1) is 0 Å². The Balaban J connectivity index is 1.69. The van der Waals surface area contributed by atoms with Crippen LogP contribution in [-0.2, 0) is 20.1 Å². The Hall–Kier alpha value is -1.12. The first-order valence-electron chi connectivity index (χ1n) is 13.5. The van der Waals surface area contributed by atoms with Crippen LogP contribution in [0.5, 0.6) is 0 Å². The third kappa shape index (κ3) is 4.43. The second kappa shape index (κ2) is 10.1. The predicted molar refractivity (Wildman–Crippen MR) is 148 cm³/mol. The van der Waals surface area contributed by atoms with Crippen LogP contribution in [0.1, 0.15) is 120 Å². The molecule has 2 atom stereocenters. The van der Waals surface area contributed by atoms with Crippen LogP contribution < -0.4 is 0 Å². The van der Waals surface area contributed by atoms with Gasteiger partial charge < -0.3 is 0 Å². The number of hydrogen-bond donors (Lipinski definition) is 0. The third-order valence-electron chi connectivity index (χ3n) is 8.38. The Labute approximate surface area is 215 Å². The fourth-order valence-corrected chi connectivity index (χ4v) is 31.8. The van der Waals surface area contributed by atoms with Crippen molar-refractivity contribution in [2.24, 2.45) is 5.92 Å². The summed E-state index contributed by atoms with van der Waals surface area (Å²) >= 11 is -2.25. The number of hydrogen-bond acceptors (Lipinski definition) is 0. The normalized spacial score (nSPS) is 21.4. The van der Waals surface area contributed by atoms with Crippen molar-refractivity contribution in [2.45, 2.75) is 86.4 Å². The van der Waals surface area contributed by atoms with Gasteiger partial charge in [0, 0.05) is 0 Å². The fraction of sp³-hybridized carbons (Fsp3) is 0.469. The molecule has 0 saturated heterocycles. The average molecular weight is 631 g/mol. The Kier molecular flexibility index (Phi) is 7.29. The molecule has 3 aliphatic rings. The molecule has 176 valence electrons. The zero-order valence-electron chi connectivity index (χ0n) is 21.9. The van der Waals surface area contributed by atoms with Crippen molar-refractivity contribution >= 4 is 23.7 Å². The number of fused-ring (bicyclic) bond motifs is 2. The Morgan fingerprint density at radius 1 is 0.765 bits per heavy atom. The molecule has 2 aromatic carbocycles. The molecule has 2 unspecified atom stereocenters. The van der Waals surface area contributed by atoms with Gasteiger partial charge in [-0.15, -0.1) is 0 Å². The van der Waals surface area contributed by atoms with E-state index in [1.165, 1.54) is 25.7 Å². The van der Waals surface area contributed by atoms with Crippen LogP contribution in [0.25, 0.3) is 12.2 Å². The molecule has 0 aromatic heterocycles. The van der Waals surface area contributed by atoms with E-state index >= 15 is 0 Å². The standard InChI is InChI=1S/2C13H15.C6H10Si.Hf/c2*1-9(2)12-6-4-5-11-7-10(3)8-13(11)12;7-5-6-3-1-2-4-6;/h2*4-9H,1-3H3;5-6H,1-4H2;. The Bertz CT molecular complexity index is 1150. The summed E-state index contributed by atoms with van der Waals surface area (Å²) in [6, 6.07) is 14.4. The molecule has 34 heavy (non-hydrogen) atoms. The topological polar surface area (TPSA) is 0 Å². The molecule has 3 aliphatic carbocycles. The summed E-state index contributed by atoms with van der Waals surface area (Å²) in [6.45, 7) is 14.3. The summed E-state index contributed by atoms with van der Waals surface area (Å²) in [7, 11) is 0. The quantitative estimate of drug-likeness (QED) is 0.290. The van der Waals surface area contributed by atoms with Gasteiger partial charge in [-0.2, -0.15) is 0 Å². The van der Waals surface area contributed by atoms with Crippen molar-refractivity contribution in [3.05, 3.63) is 80.9 Å². The minimum atomic E-state index is -2.25. The Morgan fingerprint density at radius 2 is 1.24 bits per heavy atom. The van der Waals surface area contributed by atoms with Crippen LogP contribution in [-0.4, -0.2) is 11.5 Å². The van der Waals surface area contributed by atoms with Gasteiger partial charge in [0.25, 0.3) is 0 Å². The molecule has 0 nitrogen and oxygen atoms in total. The van der Waals surface area contributed by atoms with E-state index in [1.54, 1.807) is 44.5 Å². The van der Waals surface area contributed by atoms with Crippen molar-refractivity contribution in [1.29, 1.82) is 0 Å². The number of benzene rings is 2. The molecule has 0 spiro atoms. The van der Waals surface area contributed by atoms with Crippen LogP contribution in [0, 0.1) is 5.92 Å². The van der Waals surface area contributed by atoms with E-state index < -0.39 is 20.1 Å². The van der Waals surface area contributed by atoms with E-state index in [1.807, 2.05) is 0 Å².